The molecule has 0 N–H and O–H groups in total. The Kier molecular flexibility index (Phi) is 5.20. The molecular formula is C16H15BrO3S. The molecule has 0 atom stereocenters. The highest BCUT2D eigenvalue weighted by Gasteiger charge is 2.08. The van der Waals surface area contributed by atoms with Gasteiger partial charge in [0.15, 0.2) is 9.84 Å². The Bertz CT molecular complexity index is 717. The second kappa shape index (κ2) is 6.91. The summed E-state index contributed by atoms with van der Waals surface area (Å²) in [6.07, 6.45) is 1.60. The third-order valence-electron chi connectivity index (χ3n) is 2.86. The number of sulfone groups is 1. The minimum Gasteiger partial charge on any atom is -0.497 e. The number of hydrogen-bond acceptors (Lipinski definition) is 3. The molecule has 0 fully saturated rings. The molecule has 0 amide bonds. The Morgan fingerprint density at radius 3 is 2.24 bits per heavy atom. The fraction of sp³-hybridized carbons (Fsp3) is 0.125. The van der Waals surface area contributed by atoms with Crippen molar-refractivity contribution in [3.8, 4) is 5.75 Å². The summed E-state index contributed by atoms with van der Waals surface area (Å²) in [4.78, 5) is 0. The van der Waals surface area contributed by atoms with E-state index in [2.05, 4.69) is 15.9 Å². The van der Waals surface area contributed by atoms with Crippen LogP contribution >= 0.6 is 15.9 Å². The van der Waals surface area contributed by atoms with E-state index < -0.39 is 9.84 Å². The van der Waals surface area contributed by atoms with Crippen molar-refractivity contribution >= 4 is 31.8 Å². The van der Waals surface area contributed by atoms with Gasteiger partial charge in [0.05, 0.1) is 12.9 Å². The maximum absolute atomic E-state index is 12.1. The first-order chi connectivity index (χ1) is 9.98. The van der Waals surface area contributed by atoms with Crippen molar-refractivity contribution in [2.75, 3.05) is 7.11 Å². The van der Waals surface area contributed by atoms with Crippen molar-refractivity contribution in [2.45, 2.75) is 5.75 Å². The van der Waals surface area contributed by atoms with Gasteiger partial charge in [0, 0.05) is 9.88 Å². The molecule has 0 heterocycles. The molecule has 0 unspecified atom stereocenters. The Labute approximate surface area is 133 Å². The van der Waals surface area contributed by atoms with Gasteiger partial charge >= 0.3 is 0 Å². The van der Waals surface area contributed by atoms with Crippen LogP contribution in [0.1, 0.15) is 11.1 Å². The van der Waals surface area contributed by atoms with Gasteiger partial charge in [-0.05, 0) is 41.5 Å². The molecule has 0 saturated carbocycles. The Balaban J connectivity index is 2.08. The van der Waals surface area contributed by atoms with E-state index in [0.717, 1.165) is 15.6 Å². The van der Waals surface area contributed by atoms with Gasteiger partial charge in [-0.15, -0.1) is 0 Å². The first-order valence-electron chi connectivity index (χ1n) is 6.28. The van der Waals surface area contributed by atoms with E-state index in [1.807, 2.05) is 24.3 Å². The molecule has 0 aliphatic rings. The van der Waals surface area contributed by atoms with Gasteiger partial charge in [0.1, 0.15) is 5.75 Å². The lowest BCUT2D eigenvalue weighted by atomic mass is 10.2. The van der Waals surface area contributed by atoms with Crippen molar-refractivity contribution in [3.63, 3.8) is 0 Å². The second-order valence-electron chi connectivity index (χ2n) is 4.51. The average molecular weight is 367 g/mol. The lowest BCUT2D eigenvalue weighted by molar-refractivity contribution is 0.414. The largest absolute Gasteiger partial charge is 0.497 e. The first-order valence-corrected chi connectivity index (χ1v) is 8.79. The fourth-order valence-electron chi connectivity index (χ4n) is 1.76. The third-order valence-corrected chi connectivity index (χ3v) is 4.68. The SMILES string of the molecule is COc1ccc(CS(=O)(=O)C=Cc2ccc(Br)cc2)cc1. The van der Waals surface area contributed by atoms with Crippen LogP contribution in [0, 0.1) is 0 Å². The van der Waals surface area contributed by atoms with E-state index in [0.29, 0.717) is 5.75 Å². The van der Waals surface area contributed by atoms with Crippen molar-refractivity contribution in [1.82, 2.24) is 0 Å². The number of halogens is 1. The molecule has 0 radical (unpaired) electrons. The molecule has 110 valence electrons. The summed E-state index contributed by atoms with van der Waals surface area (Å²) in [5, 5.41) is 1.25. The topological polar surface area (TPSA) is 43.4 Å². The maximum atomic E-state index is 12.1. The van der Waals surface area contributed by atoms with Gasteiger partial charge in [0.25, 0.3) is 0 Å². The summed E-state index contributed by atoms with van der Waals surface area (Å²) in [7, 11) is -1.72. The monoisotopic (exact) mass is 366 g/mol. The van der Waals surface area contributed by atoms with E-state index in [1.165, 1.54) is 5.41 Å². The van der Waals surface area contributed by atoms with E-state index in [9.17, 15) is 8.42 Å². The number of ether oxygens (including phenoxy) is 1. The summed E-state index contributed by atoms with van der Waals surface area (Å²) in [5.74, 6) is 0.686. The quantitative estimate of drug-likeness (QED) is 0.801. The molecule has 0 saturated heterocycles. The number of benzene rings is 2. The summed E-state index contributed by atoms with van der Waals surface area (Å²) >= 11 is 3.34. The van der Waals surface area contributed by atoms with Crippen LogP contribution < -0.4 is 4.74 Å². The van der Waals surface area contributed by atoms with Crippen LogP contribution in [-0.4, -0.2) is 15.5 Å². The highest BCUT2D eigenvalue weighted by molar-refractivity contribution is 9.10. The van der Waals surface area contributed by atoms with Gasteiger partial charge in [-0.2, -0.15) is 0 Å². The molecule has 0 aliphatic carbocycles. The van der Waals surface area contributed by atoms with Gasteiger partial charge in [0.2, 0.25) is 0 Å². The van der Waals surface area contributed by atoms with Crippen molar-refractivity contribution in [1.29, 1.82) is 0 Å². The minimum atomic E-state index is -3.30. The molecule has 0 aliphatic heterocycles. The Morgan fingerprint density at radius 1 is 1.05 bits per heavy atom. The van der Waals surface area contributed by atoms with Crippen LogP contribution in [0.3, 0.4) is 0 Å². The highest BCUT2D eigenvalue weighted by Crippen LogP contribution is 2.16. The first kappa shape index (κ1) is 15.8. The van der Waals surface area contributed by atoms with Gasteiger partial charge < -0.3 is 4.74 Å². The lowest BCUT2D eigenvalue weighted by Gasteiger charge is -2.02. The second-order valence-corrected chi connectivity index (χ2v) is 7.31. The van der Waals surface area contributed by atoms with Gasteiger partial charge in [-0.3, -0.25) is 0 Å². The minimum absolute atomic E-state index is 0.0238. The van der Waals surface area contributed by atoms with Crippen LogP contribution in [0.25, 0.3) is 6.08 Å². The molecule has 3 nitrogen and oxygen atoms in total. The van der Waals surface area contributed by atoms with Crippen LogP contribution in [0.15, 0.2) is 58.4 Å². The molecule has 2 rings (SSSR count). The van der Waals surface area contributed by atoms with Crippen LogP contribution in [0.5, 0.6) is 5.75 Å². The maximum Gasteiger partial charge on any atom is 0.175 e. The molecule has 5 heteroatoms. The predicted molar refractivity (Wildman–Crippen MR) is 88.8 cm³/mol. The Morgan fingerprint density at radius 2 is 1.67 bits per heavy atom. The lowest BCUT2D eigenvalue weighted by Crippen LogP contribution is -1.99. The highest BCUT2D eigenvalue weighted by atomic mass is 79.9. The summed E-state index contributed by atoms with van der Waals surface area (Å²) in [5.41, 5.74) is 1.58. The van der Waals surface area contributed by atoms with Crippen LogP contribution in [-0.2, 0) is 15.6 Å². The smallest absolute Gasteiger partial charge is 0.175 e. The van der Waals surface area contributed by atoms with Gasteiger partial charge in [-0.25, -0.2) is 8.42 Å². The zero-order chi connectivity index (χ0) is 15.3. The Hall–Kier alpha value is -1.59. The summed E-state index contributed by atoms with van der Waals surface area (Å²) in [6, 6.07) is 14.5. The number of methoxy groups -OCH3 is 1. The molecule has 2 aromatic rings. The van der Waals surface area contributed by atoms with Crippen LogP contribution in [0.2, 0.25) is 0 Å². The summed E-state index contributed by atoms with van der Waals surface area (Å²) in [6.45, 7) is 0. The zero-order valence-electron chi connectivity index (χ0n) is 11.5. The predicted octanol–water partition coefficient (Wildman–Crippen LogP) is 4.04. The molecule has 2 aromatic carbocycles. The summed E-state index contributed by atoms with van der Waals surface area (Å²) < 4.78 is 30.1. The van der Waals surface area contributed by atoms with Crippen molar-refractivity contribution in [3.05, 3.63) is 69.5 Å². The van der Waals surface area contributed by atoms with Crippen molar-refractivity contribution in [2.24, 2.45) is 0 Å². The average Bonchev–Trinajstić information content (AvgIpc) is 2.47. The van der Waals surface area contributed by atoms with E-state index in [4.69, 9.17) is 4.74 Å². The molecule has 0 spiro atoms. The molecule has 21 heavy (non-hydrogen) atoms. The van der Waals surface area contributed by atoms with Crippen LogP contribution in [0.4, 0.5) is 0 Å². The molecular weight excluding hydrogens is 352 g/mol. The van der Waals surface area contributed by atoms with Crippen molar-refractivity contribution < 1.29 is 13.2 Å². The standard InChI is InChI=1S/C16H15BrO3S/c1-20-16-8-4-14(5-9-16)12-21(18,19)11-10-13-2-6-15(17)7-3-13/h2-11H,12H2,1H3. The fourth-order valence-corrected chi connectivity index (χ4v) is 3.14. The van der Waals surface area contributed by atoms with E-state index in [-0.39, 0.29) is 5.75 Å². The molecule has 0 aromatic heterocycles. The number of hydrogen-bond donors (Lipinski definition) is 0. The normalized spacial score (nSPS) is 11.7. The zero-order valence-corrected chi connectivity index (χ0v) is 13.9. The van der Waals surface area contributed by atoms with E-state index >= 15 is 0 Å². The van der Waals surface area contributed by atoms with Gasteiger partial charge in [-0.1, -0.05) is 40.2 Å². The number of rotatable bonds is 5. The third kappa shape index (κ3) is 5.02. The molecule has 0 bridgehead atoms. The van der Waals surface area contributed by atoms with E-state index in [1.54, 1.807) is 37.5 Å².